The normalized spacial score (nSPS) is 32.9. The highest BCUT2D eigenvalue weighted by molar-refractivity contribution is 6.11. The number of hydrogen-bond donors (Lipinski definition) is 0. The highest BCUT2D eigenvalue weighted by atomic mass is 16.6. The first-order valence-electron chi connectivity index (χ1n) is 2.59. The van der Waals surface area contributed by atoms with Crippen LogP contribution >= 0.6 is 0 Å². The smallest absolute Gasteiger partial charge is 0.142 e. The maximum Gasteiger partial charge on any atom is 0.142 e. The van der Waals surface area contributed by atoms with Gasteiger partial charge in [0.05, 0.1) is 19.8 Å². The van der Waals surface area contributed by atoms with Crippen LogP contribution in [0.25, 0.3) is 0 Å². The summed E-state index contributed by atoms with van der Waals surface area (Å²) < 4.78 is 10.2. The van der Waals surface area contributed by atoms with Gasteiger partial charge in [0.25, 0.3) is 0 Å². The van der Waals surface area contributed by atoms with Gasteiger partial charge in [-0.05, 0) is 0 Å². The first-order valence-corrected chi connectivity index (χ1v) is 2.59. The van der Waals surface area contributed by atoms with E-state index in [-0.39, 0.29) is 0 Å². The van der Waals surface area contributed by atoms with E-state index in [2.05, 4.69) is 0 Å². The van der Waals surface area contributed by atoms with Crippen molar-refractivity contribution in [2.45, 2.75) is 6.00 Å². The van der Waals surface area contributed by atoms with Crippen molar-refractivity contribution in [2.24, 2.45) is 0 Å². The lowest BCUT2D eigenvalue weighted by atomic mass is 10.0. The van der Waals surface area contributed by atoms with Crippen molar-refractivity contribution < 1.29 is 9.47 Å². The second-order valence-corrected chi connectivity index (χ2v) is 1.76. The minimum absolute atomic E-state index is 0.314. The second-order valence-electron chi connectivity index (χ2n) is 1.76. The molecule has 0 radical (unpaired) electrons. The molecule has 0 spiro atoms. The molecule has 0 aromatic rings. The molecule has 1 fully saturated rings. The maximum atomic E-state index is 5.15. The third-order valence-electron chi connectivity index (χ3n) is 0.983. The van der Waals surface area contributed by atoms with Gasteiger partial charge in [0.1, 0.15) is 7.85 Å². The fourth-order valence-corrected chi connectivity index (χ4v) is 0.606. The highest BCUT2D eigenvalue weighted by Crippen LogP contribution is 1.93. The van der Waals surface area contributed by atoms with Crippen molar-refractivity contribution in [1.82, 2.24) is 0 Å². The van der Waals surface area contributed by atoms with Crippen LogP contribution in [0, 0.1) is 0 Å². The van der Waals surface area contributed by atoms with Gasteiger partial charge in [0.2, 0.25) is 0 Å². The molecule has 1 unspecified atom stereocenters. The van der Waals surface area contributed by atoms with Crippen LogP contribution in [-0.2, 0) is 9.47 Å². The molecule has 1 aliphatic heterocycles. The molecule has 1 aliphatic rings. The average Bonchev–Trinajstić information content (AvgIpc) is 1.69. The summed E-state index contributed by atoms with van der Waals surface area (Å²) >= 11 is 0. The molecule has 0 aromatic carbocycles. The van der Waals surface area contributed by atoms with E-state index in [4.69, 9.17) is 9.47 Å². The predicted octanol–water partition coefficient (Wildman–Crippen LogP) is -1.01. The van der Waals surface area contributed by atoms with Crippen LogP contribution in [0.2, 0.25) is 0 Å². The molecule has 0 N–H and O–H groups in total. The van der Waals surface area contributed by atoms with Crippen LogP contribution in [0.15, 0.2) is 0 Å². The summed E-state index contributed by atoms with van der Waals surface area (Å²) in [5, 5.41) is 0. The minimum Gasteiger partial charge on any atom is -0.383 e. The summed E-state index contributed by atoms with van der Waals surface area (Å²) in [6.07, 6.45) is 0. The standard InChI is InChI=1S/C4H9BO2/c5-4-3-6-1-2-7-4/h4H,1-3,5H2. The monoisotopic (exact) mass is 100 g/mol. The molecule has 7 heavy (non-hydrogen) atoms. The summed E-state index contributed by atoms with van der Waals surface area (Å²) in [6, 6.07) is 0.314. The number of hydrogen-bond acceptors (Lipinski definition) is 2. The lowest BCUT2D eigenvalue weighted by Crippen LogP contribution is -2.28. The van der Waals surface area contributed by atoms with Gasteiger partial charge in [-0.3, -0.25) is 0 Å². The summed E-state index contributed by atoms with van der Waals surface area (Å²) in [7, 11) is 2.01. The fourth-order valence-electron chi connectivity index (χ4n) is 0.606. The van der Waals surface area contributed by atoms with E-state index < -0.39 is 0 Å². The van der Waals surface area contributed by atoms with E-state index >= 15 is 0 Å². The molecule has 1 saturated heterocycles. The molecule has 0 saturated carbocycles. The van der Waals surface area contributed by atoms with Crippen LogP contribution in [-0.4, -0.2) is 33.7 Å². The average molecular weight is 99.9 g/mol. The molecule has 1 atom stereocenters. The molecule has 2 nitrogen and oxygen atoms in total. The van der Waals surface area contributed by atoms with E-state index in [1.807, 2.05) is 7.85 Å². The topological polar surface area (TPSA) is 18.5 Å². The predicted molar refractivity (Wildman–Crippen MR) is 29.1 cm³/mol. The van der Waals surface area contributed by atoms with Gasteiger partial charge < -0.3 is 9.47 Å². The Morgan fingerprint density at radius 3 is 2.57 bits per heavy atom. The minimum atomic E-state index is 0.314. The van der Waals surface area contributed by atoms with Crippen LogP contribution < -0.4 is 0 Å². The summed E-state index contributed by atoms with van der Waals surface area (Å²) in [5.41, 5.74) is 0. The van der Waals surface area contributed by atoms with Crippen molar-refractivity contribution in [1.29, 1.82) is 0 Å². The Kier molecular flexibility index (Phi) is 1.71. The molecule has 0 aliphatic carbocycles. The first kappa shape index (κ1) is 5.13. The van der Waals surface area contributed by atoms with Gasteiger partial charge in [-0.15, -0.1) is 0 Å². The number of ether oxygens (including phenoxy) is 2. The Bertz CT molecular complexity index is 51.7. The maximum absolute atomic E-state index is 5.15. The van der Waals surface area contributed by atoms with E-state index in [0.29, 0.717) is 6.00 Å². The van der Waals surface area contributed by atoms with Gasteiger partial charge in [-0.2, -0.15) is 0 Å². The third-order valence-corrected chi connectivity index (χ3v) is 0.983. The first-order chi connectivity index (χ1) is 3.39. The Balaban J connectivity index is 2.12. The Hall–Kier alpha value is -0.0151. The van der Waals surface area contributed by atoms with E-state index in [0.717, 1.165) is 19.8 Å². The van der Waals surface area contributed by atoms with Crippen LogP contribution in [0.4, 0.5) is 0 Å². The van der Waals surface area contributed by atoms with Gasteiger partial charge in [0, 0.05) is 6.00 Å². The lowest BCUT2D eigenvalue weighted by Gasteiger charge is -2.18. The molecular formula is C4H9BO2. The quantitative estimate of drug-likeness (QED) is 0.363. The van der Waals surface area contributed by atoms with Crippen LogP contribution in [0.3, 0.4) is 0 Å². The van der Waals surface area contributed by atoms with Gasteiger partial charge in [-0.25, -0.2) is 0 Å². The summed E-state index contributed by atoms with van der Waals surface area (Å²) in [4.78, 5) is 0. The fraction of sp³-hybridized carbons (Fsp3) is 1.00. The Morgan fingerprint density at radius 1 is 1.43 bits per heavy atom. The molecule has 0 aromatic heterocycles. The van der Waals surface area contributed by atoms with Crippen molar-refractivity contribution in [2.75, 3.05) is 19.8 Å². The zero-order valence-corrected chi connectivity index (χ0v) is 4.52. The zero-order chi connectivity index (χ0) is 5.11. The molecule has 0 bridgehead atoms. The van der Waals surface area contributed by atoms with Crippen LogP contribution in [0.1, 0.15) is 0 Å². The van der Waals surface area contributed by atoms with Gasteiger partial charge in [0.15, 0.2) is 0 Å². The number of rotatable bonds is 0. The molecule has 0 amide bonds. The summed E-state index contributed by atoms with van der Waals surface area (Å²) in [5.74, 6) is 0. The van der Waals surface area contributed by atoms with Crippen LogP contribution in [0.5, 0.6) is 0 Å². The zero-order valence-electron chi connectivity index (χ0n) is 4.52. The lowest BCUT2D eigenvalue weighted by molar-refractivity contribution is -0.0535. The van der Waals surface area contributed by atoms with Crippen molar-refractivity contribution in [3.05, 3.63) is 0 Å². The van der Waals surface area contributed by atoms with Crippen molar-refractivity contribution in [3.63, 3.8) is 0 Å². The SMILES string of the molecule is BC1COCCO1. The van der Waals surface area contributed by atoms with Gasteiger partial charge in [-0.1, -0.05) is 0 Å². The van der Waals surface area contributed by atoms with E-state index in [1.54, 1.807) is 0 Å². The van der Waals surface area contributed by atoms with E-state index in [1.165, 1.54) is 0 Å². The molecular weight excluding hydrogens is 90.9 g/mol. The van der Waals surface area contributed by atoms with E-state index in [9.17, 15) is 0 Å². The molecule has 1 heterocycles. The largest absolute Gasteiger partial charge is 0.383 e. The molecule has 3 heteroatoms. The Labute approximate surface area is 44.2 Å². The third kappa shape index (κ3) is 1.49. The Morgan fingerprint density at radius 2 is 2.29 bits per heavy atom. The summed E-state index contributed by atoms with van der Waals surface area (Å²) in [6.45, 7) is 2.30. The highest BCUT2D eigenvalue weighted by Gasteiger charge is 2.06. The molecule has 1 rings (SSSR count). The van der Waals surface area contributed by atoms with Crippen molar-refractivity contribution in [3.8, 4) is 0 Å². The van der Waals surface area contributed by atoms with Crippen molar-refractivity contribution >= 4 is 7.85 Å². The van der Waals surface area contributed by atoms with Gasteiger partial charge >= 0.3 is 0 Å². The second kappa shape index (κ2) is 2.33. The molecule has 40 valence electrons.